The van der Waals surface area contributed by atoms with Gasteiger partial charge in [0.2, 0.25) is 0 Å². The highest BCUT2D eigenvalue weighted by molar-refractivity contribution is 5.79. The van der Waals surface area contributed by atoms with Gasteiger partial charge in [-0.3, -0.25) is 4.99 Å². The summed E-state index contributed by atoms with van der Waals surface area (Å²) in [5.74, 6) is 0.275. The third-order valence-corrected chi connectivity index (χ3v) is 4.41. The predicted molar refractivity (Wildman–Crippen MR) is 96.7 cm³/mol. The second-order valence-electron chi connectivity index (χ2n) is 6.41. The number of benzene rings is 1. The van der Waals surface area contributed by atoms with E-state index in [4.69, 9.17) is 0 Å². The highest BCUT2D eigenvalue weighted by atomic mass is 16.3. The molecule has 3 heterocycles. The minimum absolute atomic E-state index is 0.0122. The summed E-state index contributed by atoms with van der Waals surface area (Å²) in [5, 5.41) is 20.4. The maximum absolute atomic E-state index is 12.5. The summed E-state index contributed by atoms with van der Waals surface area (Å²) >= 11 is 0. The van der Waals surface area contributed by atoms with Crippen LogP contribution in [-0.2, 0) is 6.42 Å². The van der Waals surface area contributed by atoms with Crippen molar-refractivity contribution in [2.75, 3.05) is 0 Å². The molecule has 3 N–H and O–H groups in total. The number of aliphatic imine (C=N–C) groups is 1. The van der Waals surface area contributed by atoms with E-state index in [1.54, 1.807) is 12.3 Å². The minimum atomic E-state index is -0.401. The molecule has 4 rings (SSSR count). The molecule has 0 unspecified atom stereocenters. The van der Waals surface area contributed by atoms with E-state index < -0.39 is 5.69 Å². The number of H-pyrrole nitrogens is 1. The number of hydrogen-bond donors (Lipinski definition) is 3. The van der Waals surface area contributed by atoms with Gasteiger partial charge in [-0.15, -0.1) is 0 Å². The number of nitrogens with zero attached hydrogens (tertiary/aromatic N) is 4. The third kappa shape index (κ3) is 2.38. The zero-order chi connectivity index (χ0) is 18.4. The zero-order valence-electron chi connectivity index (χ0n) is 14.3. The molecule has 1 aliphatic rings. The summed E-state index contributed by atoms with van der Waals surface area (Å²) in [5.41, 5.74) is 2.40. The van der Waals surface area contributed by atoms with Gasteiger partial charge in [-0.05, 0) is 17.5 Å². The highest BCUT2D eigenvalue weighted by Crippen LogP contribution is 2.39. The summed E-state index contributed by atoms with van der Waals surface area (Å²) in [7, 11) is 0. The van der Waals surface area contributed by atoms with Gasteiger partial charge in [-0.2, -0.15) is 0 Å². The van der Waals surface area contributed by atoms with Crippen molar-refractivity contribution in [1.82, 2.24) is 19.5 Å². The monoisotopic (exact) mass is 351 g/mol. The van der Waals surface area contributed by atoms with Crippen LogP contribution < -0.4 is 5.69 Å². The highest BCUT2D eigenvalue weighted by Gasteiger charge is 2.22. The fourth-order valence-electron chi connectivity index (χ4n) is 3.11. The molecule has 132 valence electrons. The minimum Gasteiger partial charge on any atom is -0.508 e. The molecule has 0 bridgehead atoms. The van der Waals surface area contributed by atoms with Gasteiger partial charge in [0.05, 0.1) is 11.4 Å². The van der Waals surface area contributed by atoms with E-state index in [0.29, 0.717) is 34.7 Å². The number of imidazole rings is 1. The normalized spacial score (nSPS) is 12.7. The summed E-state index contributed by atoms with van der Waals surface area (Å²) in [6.07, 6.45) is 5.20. The number of rotatable bonds is 3. The lowest BCUT2D eigenvalue weighted by Gasteiger charge is -2.14. The number of nitrogens with one attached hydrogen (secondary N) is 1. The van der Waals surface area contributed by atoms with Crippen LogP contribution in [0.2, 0.25) is 0 Å². The molecule has 8 nitrogen and oxygen atoms in total. The first-order chi connectivity index (χ1) is 12.5. The van der Waals surface area contributed by atoms with Crippen molar-refractivity contribution in [2.45, 2.75) is 26.2 Å². The van der Waals surface area contributed by atoms with Gasteiger partial charge >= 0.3 is 5.69 Å². The molecule has 0 radical (unpaired) electrons. The number of hydrogen-bond acceptors (Lipinski definition) is 6. The Kier molecular flexibility index (Phi) is 3.61. The smallest absolute Gasteiger partial charge is 0.331 e. The van der Waals surface area contributed by atoms with Crippen LogP contribution in [0.4, 0.5) is 5.69 Å². The molecule has 8 heteroatoms. The number of aromatic hydroxyl groups is 2. The van der Waals surface area contributed by atoms with Gasteiger partial charge in [-0.1, -0.05) is 13.8 Å². The lowest BCUT2D eigenvalue weighted by Crippen LogP contribution is -2.17. The summed E-state index contributed by atoms with van der Waals surface area (Å²) in [6.45, 7) is 3.87. The lowest BCUT2D eigenvalue weighted by atomic mass is 9.98. The molecule has 0 spiro atoms. The second kappa shape index (κ2) is 5.83. The fraction of sp³-hybridized carbons (Fsp3) is 0.222. The number of fused-ring (bicyclic) bond motifs is 1. The topological polar surface area (TPSA) is 116 Å². The Morgan fingerprint density at radius 1 is 1.19 bits per heavy atom. The van der Waals surface area contributed by atoms with Crippen LogP contribution in [0.5, 0.6) is 11.5 Å². The van der Waals surface area contributed by atoms with Gasteiger partial charge < -0.3 is 15.2 Å². The Labute approximate surface area is 148 Å². The first kappa shape index (κ1) is 16.1. The molecular formula is C18H17N5O3. The zero-order valence-corrected chi connectivity index (χ0v) is 14.3. The largest absolute Gasteiger partial charge is 0.508 e. The molecule has 0 saturated carbocycles. The Morgan fingerprint density at radius 2 is 2.00 bits per heavy atom. The third-order valence-electron chi connectivity index (χ3n) is 4.41. The Balaban J connectivity index is 1.98. The molecule has 0 amide bonds. The maximum atomic E-state index is 12.5. The second-order valence-corrected chi connectivity index (χ2v) is 6.41. The Hall–Kier alpha value is -3.42. The van der Waals surface area contributed by atoms with Crippen molar-refractivity contribution in [1.29, 1.82) is 0 Å². The van der Waals surface area contributed by atoms with Crippen LogP contribution in [0.15, 0.2) is 34.4 Å². The van der Waals surface area contributed by atoms with E-state index in [0.717, 1.165) is 5.69 Å². The number of phenolic OH excluding ortho intramolecular Hbond substituents is 2. The van der Waals surface area contributed by atoms with E-state index >= 15 is 0 Å². The molecule has 0 saturated heterocycles. The lowest BCUT2D eigenvalue weighted by molar-refractivity contribution is 0.445. The quantitative estimate of drug-likeness (QED) is 0.670. The number of aromatic nitrogens is 4. The van der Waals surface area contributed by atoms with Crippen LogP contribution in [0.3, 0.4) is 0 Å². The fourth-order valence-corrected chi connectivity index (χ4v) is 3.11. The van der Waals surface area contributed by atoms with Crippen LogP contribution in [0.1, 0.15) is 31.0 Å². The van der Waals surface area contributed by atoms with E-state index in [2.05, 4.69) is 19.9 Å². The number of phenols is 2. The maximum Gasteiger partial charge on any atom is 0.331 e. The van der Waals surface area contributed by atoms with Gasteiger partial charge in [-0.25, -0.2) is 19.3 Å². The van der Waals surface area contributed by atoms with E-state index in [-0.39, 0.29) is 17.4 Å². The van der Waals surface area contributed by atoms with Gasteiger partial charge in [0.15, 0.2) is 5.82 Å². The van der Waals surface area contributed by atoms with E-state index in [1.807, 2.05) is 13.8 Å². The Morgan fingerprint density at radius 3 is 2.77 bits per heavy atom. The summed E-state index contributed by atoms with van der Waals surface area (Å²) < 4.78 is 1.36. The van der Waals surface area contributed by atoms with E-state index in [1.165, 1.54) is 23.2 Å². The first-order valence-corrected chi connectivity index (χ1v) is 8.20. The standard InChI is InChI=1S/C18H17N5O3/c1-9(2)10-5-11(15(25)6-14(10)24)13-7-20-18(26)23(13)17-16-12(3-4-19-16)21-8-22-17/h4-9,24-25H,3H2,1-2H3,(H,20,26). The van der Waals surface area contributed by atoms with Crippen molar-refractivity contribution in [3.63, 3.8) is 0 Å². The van der Waals surface area contributed by atoms with Gasteiger partial charge in [0.1, 0.15) is 23.5 Å². The molecule has 0 aliphatic carbocycles. The van der Waals surface area contributed by atoms with Gasteiger partial charge in [0.25, 0.3) is 0 Å². The van der Waals surface area contributed by atoms with Crippen molar-refractivity contribution >= 4 is 11.9 Å². The molecule has 0 atom stereocenters. The van der Waals surface area contributed by atoms with E-state index in [9.17, 15) is 15.0 Å². The van der Waals surface area contributed by atoms with Crippen LogP contribution >= 0.6 is 0 Å². The first-order valence-electron chi connectivity index (χ1n) is 8.20. The average molecular weight is 351 g/mol. The van der Waals surface area contributed by atoms with Crippen molar-refractivity contribution in [2.24, 2.45) is 4.99 Å². The summed E-state index contributed by atoms with van der Waals surface area (Å²) in [6, 6.07) is 2.97. The molecule has 0 fully saturated rings. The molecule has 26 heavy (non-hydrogen) atoms. The average Bonchev–Trinajstić information content (AvgIpc) is 3.21. The SMILES string of the molecule is CC(C)c1cc(-c2c[nH]c(=O)n2-c2ncnc3c2N=CC3)c(O)cc1O. The van der Waals surface area contributed by atoms with Gasteiger partial charge in [0, 0.05) is 30.5 Å². The van der Waals surface area contributed by atoms with Crippen molar-refractivity contribution < 1.29 is 10.2 Å². The Bertz CT molecular complexity index is 1090. The molecule has 2 aromatic heterocycles. The van der Waals surface area contributed by atoms with Crippen molar-refractivity contribution in [3.8, 4) is 28.6 Å². The molecule has 3 aromatic rings. The number of aromatic amines is 1. The molecule has 1 aliphatic heterocycles. The van der Waals surface area contributed by atoms with Crippen LogP contribution in [0, 0.1) is 0 Å². The predicted octanol–water partition coefficient (Wildman–Crippen LogP) is 2.42. The van der Waals surface area contributed by atoms with Crippen LogP contribution in [-0.4, -0.2) is 35.9 Å². The van der Waals surface area contributed by atoms with Crippen molar-refractivity contribution in [3.05, 3.63) is 46.4 Å². The summed E-state index contributed by atoms with van der Waals surface area (Å²) in [4.78, 5) is 27.8. The molecular weight excluding hydrogens is 334 g/mol. The molecule has 1 aromatic carbocycles. The van der Waals surface area contributed by atoms with Crippen LogP contribution in [0.25, 0.3) is 17.1 Å².